The molecule has 2 aromatic rings. The van der Waals surface area contributed by atoms with Gasteiger partial charge in [-0.15, -0.1) is 0 Å². The summed E-state index contributed by atoms with van der Waals surface area (Å²) >= 11 is 0. The van der Waals surface area contributed by atoms with Crippen LogP contribution in [0.25, 0.3) is 0 Å². The number of hydrogen-bond donors (Lipinski definition) is 1. The lowest BCUT2D eigenvalue weighted by atomic mass is 10.2. The highest BCUT2D eigenvalue weighted by Crippen LogP contribution is 2.12. The van der Waals surface area contributed by atoms with Gasteiger partial charge in [0, 0.05) is 32.3 Å². The predicted octanol–water partition coefficient (Wildman–Crippen LogP) is 2.71. The molecular formula is C19H24FNO3. The van der Waals surface area contributed by atoms with Gasteiger partial charge in [0.25, 0.3) is 0 Å². The summed E-state index contributed by atoms with van der Waals surface area (Å²) in [5.41, 5.74) is 0.602. The normalized spacial score (nSPS) is 12.3. The second-order valence-electron chi connectivity index (χ2n) is 5.60. The number of hydrogen-bond acceptors (Lipinski definition) is 4. The summed E-state index contributed by atoms with van der Waals surface area (Å²) in [4.78, 5) is 1.96. The first kappa shape index (κ1) is 18.4. The number of aliphatic hydroxyl groups excluding tert-OH is 1. The molecule has 24 heavy (non-hydrogen) atoms. The van der Waals surface area contributed by atoms with Crippen LogP contribution in [0, 0.1) is 5.82 Å². The molecule has 2 aromatic carbocycles. The molecule has 0 saturated carbocycles. The highest BCUT2D eigenvalue weighted by molar-refractivity contribution is 5.21. The van der Waals surface area contributed by atoms with Gasteiger partial charge in [0.05, 0.1) is 6.61 Å². The van der Waals surface area contributed by atoms with E-state index in [9.17, 15) is 9.50 Å². The maximum Gasteiger partial charge on any atom is 0.127 e. The Morgan fingerprint density at radius 3 is 2.50 bits per heavy atom. The van der Waals surface area contributed by atoms with Crippen molar-refractivity contribution in [3.63, 3.8) is 0 Å². The smallest absolute Gasteiger partial charge is 0.127 e. The first-order valence-electron chi connectivity index (χ1n) is 7.99. The van der Waals surface area contributed by atoms with Crippen molar-refractivity contribution in [2.24, 2.45) is 0 Å². The van der Waals surface area contributed by atoms with Crippen molar-refractivity contribution in [1.82, 2.24) is 4.90 Å². The monoisotopic (exact) mass is 333 g/mol. The van der Waals surface area contributed by atoms with Gasteiger partial charge in [-0.1, -0.05) is 36.4 Å². The summed E-state index contributed by atoms with van der Waals surface area (Å²) in [6.45, 7) is 2.10. The molecule has 0 aliphatic heterocycles. The lowest BCUT2D eigenvalue weighted by molar-refractivity contribution is 0.0538. The van der Waals surface area contributed by atoms with E-state index in [1.54, 1.807) is 19.2 Å². The van der Waals surface area contributed by atoms with Gasteiger partial charge in [0.15, 0.2) is 0 Å². The summed E-state index contributed by atoms with van der Waals surface area (Å²) in [5.74, 6) is 0.476. The third-order valence-corrected chi connectivity index (χ3v) is 3.62. The molecule has 0 heterocycles. The Balaban J connectivity index is 1.88. The molecule has 1 atom stereocenters. The van der Waals surface area contributed by atoms with Crippen LogP contribution in [0.15, 0.2) is 54.6 Å². The summed E-state index contributed by atoms with van der Waals surface area (Å²) in [6, 6.07) is 16.0. The standard InChI is InChI=1S/C19H24FNO3/c1-23-12-11-21(13-16-7-5-6-10-19(16)20)14-17(22)15-24-18-8-3-2-4-9-18/h2-10,17,22H,11-15H2,1H3. The third kappa shape index (κ3) is 6.28. The van der Waals surface area contributed by atoms with E-state index in [0.717, 1.165) is 0 Å². The SMILES string of the molecule is COCCN(Cc1ccccc1F)CC(O)COc1ccccc1. The zero-order valence-corrected chi connectivity index (χ0v) is 13.9. The number of ether oxygens (including phenoxy) is 2. The van der Waals surface area contributed by atoms with E-state index in [2.05, 4.69) is 0 Å². The number of methoxy groups -OCH3 is 1. The Morgan fingerprint density at radius 2 is 1.79 bits per heavy atom. The third-order valence-electron chi connectivity index (χ3n) is 3.62. The van der Waals surface area contributed by atoms with Gasteiger partial charge in [-0.25, -0.2) is 4.39 Å². The molecule has 0 saturated heterocycles. The van der Waals surface area contributed by atoms with Gasteiger partial charge in [-0.3, -0.25) is 4.90 Å². The molecule has 0 fully saturated rings. The van der Waals surface area contributed by atoms with Gasteiger partial charge >= 0.3 is 0 Å². The molecule has 0 aromatic heterocycles. The van der Waals surface area contributed by atoms with Crippen LogP contribution in [-0.4, -0.2) is 49.5 Å². The van der Waals surface area contributed by atoms with E-state index in [0.29, 0.717) is 37.6 Å². The Morgan fingerprint density at radius 1 is 1.08 bits per heavy atom. The second-order valence-corrected chi connectivity index (χ2v) is 5.60. The van der Waals surface area contributed by atoms with Gasteiger partial charge in [0.1, 0.15) is 24.3 Å². The quantitative estimate of drug-likeness (QED) is 0.726. The molecule has 130 valence electrons. The maximum absolute atomic E-state index is 13.8. The largest absolute Gasteiger partial charge is 0.491 e. The Bertz CT molecular complexity index is 594. The molecule has 5 heteroatoms. The fraction of sp³-hybridized carbons (Fsp3) is 0.368. The van der Waals surface area contributed by atoms with E-state index in [-0.39, 0.29) is 12.4 Å². The Labute approximate surface area is 142 Å². The van der Waals surface area contributed by atoms with Crippen LogP contribution in [0.4, 0.5) is 4.39 Å². The van der Waals surface area contributed by atoms with Gasteiger partial charge < -0.3 is 14.6 Å². The first-order chi connectivity index (χ1) is 11.7. The van der Waals surface area contributed by atoms with Gasteiger partial charge in [-0.2, -0.15) is 0 Å². The average Bonchev–Trinajstić information content (AvgIpc) is 2.60. The lowest BCUT2D eigenvalue weighted by Gasteiger charge is -2.25. The average molecular weight is 333 g/mol. The molecular weight excluding hydrogens is 309 g/mol. The van der Waals surface area contributed by atoms with E-state index in [1.807, 2.05) is 41.3 Å². The van der Waals surface area contributed by atoms with Crippen molar-refractivity contribution in [3.05, 3.63) is 66.0 Å². The Kier molecular flexibility index (Phi) is 7.68. The van der Waals surface area contributed by atoms with Crippen LogP contribution in [0.2, 0.25) is 0 Å². The molecule has 0 bridgehead atoms. The number of rotatable bonds is 10. The maximum atomic E-state index is 13.8. The van der Waals surface area contributed by atoms with Crippen LogP contribution in [0.5, 0.6) is 5.75 Å². The minimum Gasteiger partial charge on any atom is -0.491 e. The summed E-state index contributed by atoms with van der Waals surface area (Å²) in [5, 5.41) is 10.2. The van der Waals surface area contributed by atoms with Crippen LogP contribution in [-0.2, 0) is 11.3 Å². The van der Waals surface area contributed by atoms with E-state index in [1.165, 1.54) is 6.07 Å². The van der Waals surface area contributed by atoms with Crippen molar-refractivity contribution < 1.29 is 19.0 Å². The second kappa shape index (κ2) is 10.0. The molecule has 1 unspecified atom stereocenters. The Hall–Kier alpha value is -1.95. The van der Waals surface area contributed by atoms with Crippen molar-refractivity contribution >= 4 is 0 Å². The van der Waals surface area contributed by atoms with Crippen molar-refractivity contribution in [3.8, 4) is 5.75 Å². The molecule has 4 nitrogen and oxygen atoms in total. The molecule has 0 radical (unpaired) electrons. The zero-order chi connectivity index (χ0) is 17.2. The number of benzene rings is 2. The summed E-state index contributed by atoms with van der Waals surface area (Å²) < 4.78 is 24.5. The molecule has 0 aliphatic carbocycles. The van der Waals surface area contributed by atoms with E-state index >= 15 is 0 Å². The highest BCUT2D eigenvalue weighted by Gasteiger charge is 2.14. The van der Waals surface area contributed by atoms with E-state index < -0.39 is 6.10 Å². The minimum absolute atomic E-state index is 0.185. The highest BCUT2D eigenvalue weighted by atomic mass is 19.1. The minimum atomic E-state index is -0.672. The van der Waals surface area contributed by atoms with Crippen molar-refractivity contribution in [2.75, 3.05) is 33.4 Å². The molecule has 0 aliphatic rings. The topological polar surface area (TPSA) is 41.9 Å². The summed E-state index contributed by atoms with van der Waals surface area (Å²) in [7, 11) is 1.62. The van der Waals surface area contributed by atoms with Crippen molar-refractivity contribution in [1.29, 1.82) is 0 Å². The van der Waals surface area contributed by atoms with Crippen molar-refractivity contribution in [2.45, 2.75) is 12.6 Å². The molecule has 0 amide bonds. The van der Waals surface area contributed by atoms with Crippen LogP contribution in [0.1, 0.15) is 5.56 Å². The number of para-hydroxylation sites is 1. The zero-order valence-electron chi connectivity index (χ0n) is 13.9. The number of halogens is 1. The predicted molar refractivity (Wildman–Crippen MR) is 91.5 cm³/mol. The molecule has 1 N–H and O–H groups in total. The van der Waals surface area contributed by atoms with Gasteiger partial charge in [0.2, 0.25) is 0 Å². The van der Waals surface area contributed by atoms with Crippen LogP contribution in [0.3, 0.4) is 0 Å². The molecule has 0 spiro atoms. The van der Waals surface area contributed by atoms with Gasteiger partial charge in [-0.05, 0) is 18.2 Å². The van der Waals surface area contributed by atoms with Crippen LogP contribution < -0.4 is 4.74 Å². The lowest BCUT2D eigenvalue weighted by Crippen LogP contribution is -2.37. The van der Waals surface area contributed by atoms with Crippen LogP contribution >= 0.6 is 0 Å². The molecule has 2 rings (SSSR count). The van der Waals surface area contributed by atoms with E-state index in [4.69, 9.17) is 9.47 Å². The fourth-order valence-electron chi connectivity index (χ4n) is 2.38. The summed E-state index contributed by atoms with van der Waals surface area (Å²) in [6.07, 6.45) is -0.672. The first-order valence-corrected chi connectivity index (χ1v) is 7.99. The number of aliphatic hydroxyl groups is 1. The number of nitrogens with zero attached hydrogens (tertiary/aromatic N) is 1. The fourth-order valence-corrected chi connectivity index (χ4v) is 2.38.